The number of carbonyl (C=O) groups is 1. The molecule has 6 heteroatoms. The van der Waals surface area contributed by atoms with Gasteiger partial charge in [0, 0.05) is 37.1 Å². The van der Waals surface area contributed by atoms with Gasteiger partial charge in [0.25, 0.3) is 11.5 Å². The summed E-state index contributed by atoms with van der Waals surface area (Å²) in [7, 11) is 0. The van der Waals surface area contributed by atoms with Gasteiger partial charge in [-0.05, 0) is 30.4 Å². The third-order valence-electron chi connectivity index (χ3n) is 5.07. The van der Waals surface area contributed by atoms with E-state index in [1.807, 2.05) is 36.1 Å². The first-order valence-corrected chi connectivity index (χ1v) is 7.77. The van der Waals surface area contributed by atoms with Gasteiger partial charge in [-0.3, -0.25) is 9.59 Å². The molecule has 122 valence electrons. The molecule has 2 aliphatic rings. The molecule has 3 heterocycles. The lowest BCUT2D eigenvalue weighted by Crippen LogP contribution is -2.36. The van der Waals surface area contributed by atoms with Gasteiger partial charge in [0.15, 0.2) is 0 Å². The summed E-state index contributed by atoms with van der Waals surface area (Å²) >= 11 is 0. The van der Waals surface area contributed by atoms with Crippen molar-refractivity contribution >= 4 is 29.2 Å². The fourth-order valence-electron chi connectivity index (χ4n) is 3.85. The quantitative estimate of drug-likeness (QED) is 0.832. The Morgan fingerprint density at radius 1 is 1.17 bits per heavy atom. The summed E-state index contributed by atoms with van der Waals surface area (Å²) in [5.41, 5.74) is 1.58. The molecule has 0 unspecified atom stereocenters. The summed E-state index contributed by atoms with van der Waals surface area (Å²) in [4.78, 5) is 29.9. The van der Waals surface area contributed by atoms with Crippen LogP contribution < -0.4 is 10.9 Å². The van der Waals surface area contributed by atoms with E-state index in [0.717, 1.165) is 42.6 Å². The van der Waals surface area contributed by atoms with Crippen molar-refractivity contribution in [1.29, 1.82) is 0 Å². The Kier molecular flexibility index (Phi) is 4.17. The van der Waals surface area contributed by atoms with Gasteiger partial charge in [-0.25, -0.2) is 0 Å². The zero-order valence-electron chi connectivity index (χ0n) is 13.0. The molecule has 2 atom stereocenters. The first kappa shape index (κ1) is 16.0. The molecule has 23 heavy (non-hydrogen) atoms. The minimum Gasteiger partial charge on any atom is -0.338 e. The average Bonchev–Trinajstić information content (AvgIpc) is 3.08. The maximum Gasteiger partial charge on any atom is 0.261 e. The lowest BCUT2D eigenvalue weighted by molar-refractivity contribution is 0.0779. The maximum atomic E-state index is 12.8. The van der Waals surface area contributed by atoms with Crippen molar-refractivity contribution in [3.63, 3.8) is 0 Å². The fourth-order valence-corrected chi connectivity index (χ4v) is 3.85. The lowest BCUT2D eigenvalue weighted by Gasteiger charge is -2.18. The van der Waals surface area contributed by atoms with E-state index in [0.29, 0.717) is 17.4 Å². The van der Waals surface area contributed by atoms with Crippen molar-refractivity contribution in [1.82, 2.24) is 15.2 Å². The van der Waals surface area contributed by atoms with Gasteiger partial charge in [0.2, 0.25) is 0 Å². The van der Waals surface area contributed by atoms with E-state index >= 15 is 0 Å². The second-order valence-corrected chi connectivity index (χ2v) is 6.39. The Balaban J connectivity index is 0.00000156. The molecule has 1 amide bonds. The third kappa shape index (κ3) is 2.54. The van der Waals surface area contributed by atoms with Gasteiger partial charge in [0.05, 0.1) is 0 Å². The van der Waals surface area contributed by atoms with E-state index in [-0.39, 0.29) is 23.9 Å². The fraction of sp³-hybridized carbons (Fsp3) is 0.412. The van der Waals surface area contributed by atoms with E-state index in [2.05, 4.69) is 10.3 Å². The Morgan fingerprint density at radius 2 is 1.83 bits per heavy atom. The van der Waals surface area contributed by atoms with Crippen molar-refractivity contribution in [3.05, 3.63) is 45.7 Å². The van der Waals surface area contributed by atoms with E-state index in [4.69, 9.17) is 0 Å². The topological polar surface area (TPSA) is 65.2 Å². The average molecular weight is 334 g/mol. The molecule has 2 aliphatic heterocycles. The number of para-hydroxylation sites is 1. The number of aryl methyl sites for hydroxylation is 1. The largest absolute Gasteiger partial charge is 0.338 e. The SMILES string of the molecule is Cc1c(C(=O)N2C[C@H]3CNC[C@H]3C2)c(=O)[nH]c2ccccc12.Cl. The Hall–Kier alpha value is -1.85. The van der Waals surface area contributed by atoms with Gasteiger partial charge in [-0.15, -0.1) is 12.4 Å². The number of likely N-dealkylation sites (tertiary alicyclic amines) is 1. The van der Waals surface area contributed by atoms with Crippen LogP contribution in [0.4, 0.5) is 0 Å². The van der Waals surface area contributed by atoms with Crippen molar-refractivity contribution in [2.75, 3.05) is 26.2 Å². The molecule has 2 aromatic rings. The van der Waals surface area contributed by atoms with Gasteiger partial charge >= 0.3 is 0 Å². The molecule has 0 spiro atoms. The molecule has 4 rings (SSSR count). The number of nitrogens with zero attached hydrogens (tertiary/aromatic N) is 1. The van der Waals surface area contributed by atoms with E-state index in [9.17, 15) is 9.59 Å². The zero-order chi connectivity index (χ0) is 15.3. The minimum absolute atomic E-state index is 0. The van der Waals surface area contributed by atoms with E-state index in [1.54, 1.807) is 0 Å². The molecule has 2 N–H and O–H groups in total. The van der Waals surface area contributed by atoms with Crippen LogP contribution in [-0.2, 0) is 0 Å². The van der Waals surface area contributed by atoms with Crippen LogP contribution in [-0.4, -0.2) is 42.0 Å². The summed E-state index contributed by atoms with van der Waals surface area (Å²) in [5.74, 6) is 0.937. The summed E-state index contributed by atoms with van der Waals surface area (Å²) in [6, 6.07) is 7.62. The molecular weight excluding hydrogens is 314 g/mol. The van der Waals surface area contributed by atoms with Crippen LogP contribution in [0.15, 0.2) is 29.1 Å². The number of benzene rings is 1. The van der Waals surface area contributed by atoms with Crippen LogP contribution in [0, 0.1) is 18.8 Å². The molecule has 1 aromatic heterocycles. The molecule has 0 radical (unpaired) electrons. The van der Waals surface area contributed by atoms with Crippen molar-refractivity contribution < 1.29 is 4.79 Å². The van der Waals surface area contributed by atoms with Crippen LogP contribution in [0.2, 0.25) is 0 Å². The van der Waals surface area contributed by atoms with Crippen molar-refractivity contribution in [3.8, 4) is 0 Å². The van der Waals surface area contributed by atoms with Crippen molar-refractivity contribution in [2.24, 2.45) is 11.8 Å². The Morgan fingerprint density at radius 3 is 2.52 bits per heavy atom. The highest BCUT2D eigenvalue weighted by atomic mass is 35.5. The maximum absolute atomic E-state index is 12.8. The summed E-state index contributed by atoms with van der Waals surface area (Å²) in [6.07, 6.45) is 0. The smallest absolute Gasteiger partial charge is 0.261 e. The number of halogens is 1. The summed E-state index contributed by atoms with van der Waals surface area (Å²) in [5, 5.41) is 4.30. The predicted molar refractivity (Wildman–Crippen MR) is 92.3 cm³/mol. The summed E-state index contributed by atoms with van der Waals surface area (Å²) < 4.78 is 0. The van der Waals surface area contributed by atoms with Gasteiger partial charge in [-0.2, -0.15) is 0 Å². The number of hydrogen-bond acceptors (Lipinski definition) is 3. The molecule has 1 aromatic carbocycles. The van der Waals surface area contributed by atoms with Crippen LogP contribution in [0.1, 0.15) is 15.9 Å². The number of aromatic nitrogens is 1. The normalized spacial score (nSPS) is 22.9. The van der Waals surface area contributed by atoms with Crippen LogP contribution in [0.5, 0.6) is 0 Å². The first-order valence-electron chi connectivity index (χ1n) is 7.77. The first-order chi connectivity index (χ1) is 10.6. The predicted octanol–water partition coefficient (Wildman–Crippen LogP) is 1.55. The van der Waals surface area contributed by atoms with Crippen LogP contribution in [0.25, 0.3) is 10.9 Å². The van der Waals surface area contributed by atoms with Crippen molar-refractivity contribution in [2.45, 2.75) is 6.92 Å². The number of pyridine rings is 1. The number of aromatic amines is 1. The van der Waals surface area contributed by atoms with E-state index in [1.165, 1.54) is 0 Å². The van der Waals surface area contributed by atoms with Gasteiger partial charge < -0.3 is 15.2 Å². The zero-order valence-corrected chi connectivity index (χ0v) is 13.8. The van der Waals surface area contributed by atoms with E-state index < -0.39 is 0 Å². The molecular formula is C17H20ClN3O2. The Bertz CT molecular complexity index is 805. The number of fused-ring (bicyclic) bond motifs is 2. The second kappa shape index (κ2) is 5.98. The monoisotopic (exact) mass is 333 g/mol. The second-order valence-electron chi connectivity index (χ2n) is 6.39. The number of amides is 1. The van der Waals surface area contributed by atoms with Gasteiger partial charge in [0.1, 0.15) is 5.56 Å². The molecule has 0 bridgehead atoms. The molecule has 5 nitrogen and oxygen atoms in total. The highest BCUT2D eigenvalue weighted by molar-refractivity contribution is 6.00. The van der Waals surface area contributed by atoms with Crippen LogP contribution >= 0.6 is 12.4 Å². The number of H-pyrrole nitrogens is 1. The molecule has 0 aliphatic carbocycles. The highest BCUT2D eigenvalue weighted by Crippen LogP contribution is 2.28. The third-order valence-corrected chi connectivity index (χ3v) is 5.07. The lowest BCUT2D eigenvalue weighted by atomic mass is 10.0. The summed E-state index contributed by atoms with van der Waals surface area (Å²) in [6.45, 7) is 5.32. The Labute approximate surface area is 140 Å². The number of rotatable bonds is 1. The molecule has 2 fully saturated rings. The number of carbonyl (C=O) groups excluding carboxylic acids is 1. The highest BCUT2D eigenvalue weighted by Gasteiger charge is 2.39. The molecule has 0 saturated carbocycles. The number of nitrogens with one attached hydrogen (secondary N) is 2. The standard InChI is InChI=1S/C17H19N3O2.ClH/c1-10-13-4-2-3-5-14(13)19-16(21)15(10)17(22)20-8-11-6-18-7-12(11)9-20;/h2-5,11-12,18H,6-9H2,1H3,(H,19,21);1H/t11-,12+;. The van der Waals surface area contributed by atoms with Gasteiger partial charge in [-0.1, -0.05) is 18.2 Å². The molecule has 2 saturated heterocycles. The number of hydrogen-bond donors (Lipinski definition) is 2. The minimum atomic E-state index is -0.281. The van der Waals surface area contributed by atoms with Crippen LogP contribution in [0.3, 0.4) is 0 Å².